The highest BCUT2D eigenvalue weighted by molar-refractivity contribution is 7.74. The molecule has 0 aromatic carbocycles. The van der Waals surface area contributed by atoms with Crippen LogP contribution in [0.15, 0.2) is 12.7 Å². The Morgan fingerprint density at radius 3 is 1.86 bits per heavy atom. The van der Waals surface area contributed by atoms with Crippen LogP contribution in [0.4, 0.5) is 0 Å². The Kier molecular flexibility index (Phi) is 12.6. The van der Waals surface area contributed by atoms with Crippen molar-refractivity contribution in [2.75, 3.05) is 0 Å². The zero-order chi connectivity index (χ0) is 6.28. The normalized spacial score (nSPS) is 5.43. The van der Waals surface area contributed by atoms with Crippen molar-refractivity contribution < 1.29 is 14.5 Å². The number of carbonyl (C=O) groups is 1. The first-order valence-corrected chi connectivity index (χ1v) is 1.72. The largest absolute Gasteiger partial charge is 0.478 e. The van der Waals surface area contributed by atoms with Gasteiger partial charge in [-0.15, -0.1) is 0 Å². The minimum Gasteiger partial charge on any atom is -0.478 e. The third-order valence-corrected chi connectivity index (χ3v) is 0.175. The maximum atomic E-state index is 9.25. The summed E-state index contributed by atoms with van der Waals surface area (Å²) in [4.78, 5) is 9.25. The standard InChI is InChI=1S/C3H4O2.H2OS/c1-2-3(4)5;1-2/h2H,1H2,(H,4,5);1-2H. The molecule has 0 unspecified atom stereocenters. The fourth-order valence-electron chi connectivity index (χ4n) is 0. The third kappa shape index (κ3) is 29.6. The Hall–Kier alpha value is -0.480. The highest BCUT2D eigenvalue weighted by Gasteiger charge is 1.73. The van der Waals surface area contributed by atoms with Crippen LogP contribution < -0.4 is 0 Å². The fraction of sp³-hybridized carbons (Fsp3) is 0. The van der Waals surface area contributed by atoms with Crippen LogP contribution in [0.1, 0.15) is 0 Å². The van der Waals surface area contributed by atoms with Crippen molar-refractivity contribution in [1.29, 1.82) is 0 Å². The van der Waals surface area contributed by atoms with Gasteiger partial charge in [0, 0.05) is 6.08 Å². The number of aliphatic carboxylic acids is 1. The van der Waals surface area contributed by atoms with Gasteiger partial charge in [0.05, 0.1) is 0 Å². The van der Waals surface area contributed by atoms with Crippen LogP contribution in [0.3, 0.4) is 0 Å². The van der Waals surface area contributed by atoms with E-state index in [1.807, 2.05) is 0 Å². The van der Waals surface area contributed by atoms with Crippen molar-refractivity contribution in [3.05, 3.63) is 12.7 Å². The van der Waals surface area contributed by atoms with Gasteiger partial charge in [0.2, 0.25) is 0 Å². The van der Waals surface area contributed by atoms with Crippen LogP contribution >= 0.6 is 12.9 Å². The lowest BCUT2D eigenvalue weighted by atomic mass is 10.7. The Bertz CT molecular complexity index is 61.2. The molecule has 7 heavy (non-hydrogen) atoms. The molecule has 0 atom stereocenters. The van der Waals surface area contributed by atoms with Gasteiger partial charge in [-0.3, -0.25) is 0 Å². The molecule has 0 radical (unpaired) electrons. The summed E-state index contributed by atoms with van der Waals surface area (Å²) in [6.45, 7) is 2.96. The van der Waals surface area contributed by atoms with Gasteiger partial charge in [-0.25, -0.2) is 4.79 Å². The highest BCUT2D eigenvalue weighted by Crippen LogP contribution is 1.54. The van der Waals surface area contributed by atoms with Crippen LogP contribution in [0.2, 0.25) is 0 Å². The second-order valence-corrected chi connectivity index (χ2v) is 0.542. The van der Waals surface area contributed by atoms with Gasteiger partial charge in [-0.2, -0.15) is 0 Å². The van der Waals surface area contributed by atoms with Crippen molar-refractivity contribution in [3.8, 4) is 0 Å². The predicted molar refractivity (Wildman–Crippen MR) is 29.4 cm³/mol. The molecule has 3 nitrogen and oxygen atoms in total. The minimum absolute atomic E-state index is 0.833. The molecule has 0 fully saturated rings. The number of thiol groups is 1. The Morgan fingerprint density at radius 1 is 1.71 bits per heavy atom. The van der Waals surface area contributed by atoms with E-state index < -0.39 is 5.97 Å². The van der Waals surface area contributed by atoms with E-state index in [2.05, 4.69) is 19.5 Å². The van der Waals surface area contributed by atoms with Gasteiger partial charge >= 0.3 is 5.97 Å². The molecule has 0 amide bonds. The molecule has 0 aliphatic rings. The van der Waals surface area contributed by atoms with Crippen molar-refractivity contribution in [3.63, 3.8) is 0 Å². The quantitative estimate of drug-likeness (QED) is 0.272. The van der Waals surface area contributed by atoms with E-state index in [1.165, 1.54) is 0 Å². The van der Waals surface area contributed by atoms with Crippen LogP contribution in [-0.2, 0) is 4.79 Å². The van der Waals surface area contributed by atoms with Gasteiger partial charge < -0.3 is 9.66 Å². The van der Waals surface area contributed by atoms with Gasteiger partial charge in [-0.1, -0.05) is 6.58 Å². The first kappa shape index (κ1) is 9.72. The first-order valence-electron chi connectivity index (χ1n) is 1.32. The molecule has 0 aliphatic carbocycles. The predicted octanol–water partition coefficient (Wildman–Crippen LogP) is 0.646. The van der Waals surface area contributed by atoms with E-state index in [1.54, 1.807) is 0 Å². The Labute approximate surface area is 46.9 Å². The third-order valence-electron chi connectivity index (χ3n) is 0.175. The monoisotopic (exact) mass is 122 g/mol. The van der Waals surface area contributed by atoms with E-state index >= 15 is 0 Å². The Morgan fingerprint density at radius 2 is 1.86 bits per heavy atom. The van der Waals surface area contributed by atoms with Gasteiger partial charge in [0.1, 0.15) is 0 Å². The van der Waals surface area contributed by atoms with Crippen molar-refractivity contribution in [2.24, 2.45) is 0 Å². The molecule has 0 saturated heterocycles. The first-order chi connectivity index (χ1) is 3.27. The Balaban J connectivity index is 0. The molecule has 0 aliphatic heterocycles. The van der Waals surface area contributed by atoms with E-state index in [0.29, 0.717) is 0 Å². The zero-order valence-electron chi connectivity index (χ0n) is 3.53. The van der Waals surface area contributed by atoms with Crippen LogP contribution in [0.25, 0.3) is 0 Å². The lowest BCUT2D eigenvalue weighted by molar-refractivity contribution is -0.131. The van der Waals surface area contributed by atoms with Gasteiger partial charge in [-0.05, 0) is 12.9 Å². The number of hydrogen-bond acceptors (Lipinski definition) is 3. The smallest absolute Gasteiger partial charge is 0.327 e. The lowest BCUT2D eigenvalue weighted by Gasteiger charge is -1.64. The zero-order valence-corrected chi connectivity index (χ0v) is 4.43. The average Bonchev–Trinajstić information content (AvgIpc) is 1.73. The van der Waals surface area contributed by atoms with Crippen LogP contribution in [-0.4, -0.2) is 15.6 Å². The number of carboxylic acids is 1. The molecule has 2 N–H and O–H groups in total. The molecule has 0 aromatic heterocycles. The summed E-state index contributed by atoms with van der Waals surface area (Å²) in [6.07, 6.45) is 0.833. The minimum atomic E-state index is -0.981. The molecule has 4 heteroatoms. The molecular formula is C3H6O3S. The summed E-state index contributed by atoms with van der Waals surface area (Å²) >= 11 is 2.53. The molecule has 0 heterocycles. The lowest BCUT2D eigenvalue weighted by Crippen LogP contribution is -1.82. The summed E-state index contributed by atoms with van der Waals surface area (Å²) in [7, 11) is 0. The summed E-state index contributed by atoms with van der Waals surface area (Å²) in [6, 6.07) is 0. The summed E-state index contributed by atoms with van der Waals surface area (Å²) in [5.74, 6) is -0.981. The van der Waals surface area contributed by atoms with E-state index in [4.69, 9.17) is 9.66 Å². The molecule has 0 bridgehead atoms. The maximum absolute atomic E-state index is 9.25. The van der Waals surface area contributed by atoms with E-state index in [-0.39, 0.29) is 0 Å². The van der Waals surface area contributed by atoms with Crippen molar-refractivity contribution >= 4 is 18.9 Å². The number of carboxylic acid groups (broad SMARTS) is 1. The van der Waals surface area contributed by atoms with E-state index in [9.17, 15) is 4.79 Å². The molecule has 42 valence electrons. The topological polar surface area (TPSA) is 57.5 Å². The van der Waals surface area contributed by atoms with Crippen molar-refractivity contribution in [1.82, 2.24) is 0 Å². The fourth-order valence-corrected chi connectivity index (χ4v) is 0. The number of hydrogen-bond donors (Lipinski definition) is 3. The average molecular weight is 122 g/mol. The second kappa shape index (κ2) is 9.10. The summed E-state index contributed by atoms with van der Waals surface area (Å²) < 4.78 is 6.69. The van der Waals surface area contributed by atoms with E-state index in [0.717, 1.165) is 6.08 Å². The molecule has 0 saturated carbocycles. The SMILES string of the molecule is C=CC(=O)O.OS. The van der Waals surface area contributed by atoms with Gasteiger partial charge in [0.25, 0.3) is 0 Å². The summed E-state index contributed by atoms with van der Waals surface area (Å²) in [5.41, 5.74) is 0. The molecule has 0 rings (SSSR count). The van der Waals surface area contributed by atoms with Crippen LogP contribution in [0.5, 0.6) is 0 Å². The molecule has 0 aromatic rings. The molecule has 0 spiro atoms. The highest BCUT2D eigenvalue weighted by atomic mass is 32.1. The van der Waals surface area contributed by atoms with Crippen molar-refractivity contribution in [2.45, 2.75) is 0 Å². The summed E-state index contributed by atoms with van der Waals surface area (Å²) in [5, 5.41) is 7.60. The maximum Gasteiger partial charge on any atom is 0.327 e. The van der Waals surface area contributed by atoms with Gasteiger partial charge in [0.15, 0.2) is 0 Å². The number of rotatable bonds is 1. The molecular weight excluding hydrogens is 116 g/mol. The van der Waals surface area contributed by atoms with Crippen LogP contribution in [0, 0.1) is 0 Å². The second-order valence-electron chi connectivity index (χ2n) is 0.542.